The van der Waals surface area contributed by atoms with E-state index in [-0.39, 0.29) is 28.6 Å². The van der Waals surface area contributed by atoms with Crippen LogP contribution in [0.15, 0.2) is 59.5 Å². The molecule has 0 unspecified atom stereocenters. The average molecular weight is 574 g/mol. The summed E-state index contributed by atoms with van der Waals surface area (Å²) in [7, 11) is -3.76. The Hall–Kier alpha value is -3.41. The monoisotopic (exact) mass is 573 g/mol. The molecule has 2 N–H and O–H groups in total. The number of halogens is 2. The zero-order chi connectivity index (χ0) is 28.9. The lowest BCUT2D eigenvalue weighted by Gasteiger charge is -2.24. The fourth-order valence-corrected chi connectivity index (χ4v) is 6.71. The van der Waals surface area contributed by atoms with Gasteiger partial charge in [-0.1, -0.05) is 31.2 Å². The van der Waals surface area contributed by atoms with E-state index in [4.69, 9.17) is 4.98 Å². The molecule has 0 atom stereocenters. The lowest BCUT2D eigenvalue weighted by molar-refractivity contribution is -0.286. The van der Waals surface area contributed by atoms with Crippen molar-refractivity contribution in [3.05, 3.63) is 71.4 Å². The lowest BCUT2D eigenvalue weighted by atomic mass is 9.88. The number of rotatable bonds is 10. The van der Waals surface area contributed by atoms with Gasteiger partial charge in [0.2, 0.25) is 0 Å². The molecular formula is C29H29F2NO7S. The van der Waals surface area contributed by atoms with Crippen molar-refractivity contribution in [2.75, 3.05) is 19.0 Å². The molecule has 40 heavy (non-hydrogen) atoms. The van der Waals surface area contributed by atoms with E-state index in [1.807, 2.05) is 13.0 Å². The van der Waals surface area contributed by atoms with E-state index in [9.17, 15) is 32.2 Å². The number of carbonyl (C=O) groups excluding carboxylic acids is 1. The fourth-order valence-electron chi connectivity index (χ4n) is 4.90. The third-order valence-electron chi connectivity index (χ3n) is 7.52. The van der Waals surface area contributed by atoms with Crippen LogP contribution >= 0.6 is 0 Å². The van der Waals surface area contributed by atoms with Gasteiger partial charge in [-0.15, -0.1) is 8.78 Å². The highest BCUT2D eigenvalue weighted by Gasteiger charge is 2.52. The second-order valence-corrected chi connectivity index (χ2v) is 12.9. The largest absolute Gasteiger partial charge is 0.586 e. The van der Waals surface area contributed by atoms with Crippen molar-refractivity contribution in [1.29, 1.82) is 0 Å². The molecule has 0 saturated heterocycles. The van der Waals surface area contributed by atoms with Crippen LogP contribution in [0.25, 0.3) is 11.3 Å². The number of nitrogens with zero attached hydrogens (tertiary/aromatic N) is 1. The molecule has 2 aliphatic rings. The number of aliphatic hydroxyl groups is 2. The summed E-state index contributed by atoms with van der Waals surface area (Å²) in [5.41, 5.74) is 1.26. The van der Waals surface area contributed by atoms with Crippen LogP contribution in [-0.2, 0) is 26.5 Å². The normalized spacial score (nSPS) is 17.1. The minimum Gasteiger partial charge on any atom is -0.396 e. The molecule has 0 radical (unpaired) electrons. The molecule has 1 saturated carbocycles. The first kappa shape index (κ1) is 28.1. The number of alkyl halides is 2. The first-order valence-electron chi connectivity index (χ1n) is 12.7. The number of aromatic nitrogens is 1. The lowest BCUT2D eigenvalue weighted by Crippen LogP contribution is -2.34. The van der Waals surface area contributed by atoms with Gasteiger partial charge in [0.15, 0.2) is 21.3 Å². The molecule has 1 aliphatic carbocycles. The number of benzene rings is 2. The fraction of sp³-hybridized carbons (Fsp3) is 0.379. The van der Waals surface area contributed by atoms with Crippen molar-refractivity contribution in [2.24, 2.45) is 5.41 Å². The van der Waals surface area contributed by atoms with Gasteiger partial charge in [0.25, 0.3) is 0 Å². The van der Waals surface area contributed by atoms with E-state index < -0.39 is 45.9 Å². The quantitative estimate of drug-likeness (QED) is 0.373. The highest BCUT2D eigenvalue weighted by molar-refractivity contribution is 7.91. The number of sulfone groups is 1. The molecule has 2 aromatic carbocycles. The summed E-state index contributed by atoms with van der Waals surface area (Å²) in [5, 5.41) is 19.0. The van der Waals surface area contributed by atoms with E-state index in [0.717, 1.165) is 5.56 Å². The van der Waals surface area contributed by atoms with E-state index >= 15 is 0 Å². The summed E-state index contributed by atoms with van der Waals surface area (Å²) in [6.07, 6.45) is -2.53. The summed E-state index contributed by atoms with van der Waals surface area (Å²) >= 11 is 0. The van der Waals surface area contributed by atoms with Gasteiger partial charge in [0.05, 0.1) is 35.0 Å². The first-order valence-corrected chi connectivity index (χ1v) is 14.4. The number of ether oxygens (including phenoxy) is 2. The van der Waals surface area contributed by atoms with E-state index in [1.54, 1.807) is 24.3 Å². The van der Waals surface area contributed by atoms with Crippen LogP contribution in [-0.4, -0.2) is 54.7 Å². The zero-order valence-electron chi connectivity index (χ0n) is 22.0. The van der Waals surface area contributed by atoms with Crippen LogP contribution in [0.3, 0.4) is 0 Å². The molecule has 2 heterocycles. The van der Waals surface area contributed by atoms with Gasteiger partial charge < -0.3 is 19.7 Å². The number of aryl methyl sites for hydroxylation is 1. The van der Waals surface area contributed by atoms with Crippen LogP contribution in [0.1, 0.15) is 36.6 Å². The Kier molecular flexibility index (Phi) is 6.96. The number of carbonyl (C=O) groups is 1. The standard InChI is InChI=1S/C29H29F2NO7S/c1-18-3-7-21(14-25(35)28(11-12-28)20-6-10-23-24(13-20)39-29(30,31)38-23)32-26(18)19-4-8-22(9-5-19)40(36,37)17-27(2,15-33)16-34/h3-10,13,33-34H,11-12,14-17H2,1-2H3. The van der Waals surface area contributed by atoms with Crippen molar-refractivity contribution >= 4 is 15.6 Å². The second kappa shape index (κ2) is 9.90. The zero-order valence-corrected chi connectivity index (χ0v) is 22.8. The van der Waals surface area contributed by atoms with Crippen molar-refractivity contribution in [3.8, 4) is 22.8 Å². The Balaban J connectivity index is 1.34. The predicted molar refractivity (Wildman–Crippen MR) is 141 cm³/mol. The number of fused-ring (bicyclic) bond motifs is 1. The van der Waals surface area contributed by atoms with Gasteiger partial charge in [-0.3, -0.25) is 9.78 Å². The topological polar surface area (TPSA) is 123 Å². The summed E-state index contributed by atoms with van der Waals surface area (Å²) in [6, 6.07) is 14.2. The summed E-state index contributed by atoms with van der Waals surface area (Å²) in [6.45, 7) is 2.41. The van der Waals surface area contributed by atoms with Crippen molar-refractivity contribution < 1.29 is 41.7 Å². The molecular weight excluding hydrogens is 544 g/mol. The minimum atomic E-state index is -3.76. The molecule has 8 nitrogen and oxygen atoms in total. The van der Waals surface area contributed by atoms with E-state index in [2.05, 4.69) is 9.47 Å². The van der Waals surface area contributed by atoms with Gasteiger partial charge in [0.1, 0.15) is 5.78 Å². The Morgan fingerprint density at radius 3 is 2.27 bits per heavy atom. The Labute approximate surface area is 230 Å². The SMILES string of the molecule is Cc1ccc(CC(=O)C2(c3ccc4c(c3)OC(F)(F)O4)CC2)nc1-c1ccc(S(=O)(=O)CC(C)(CO)CO)cc1. The van der Waals surface area contributed by atoms with Crippen LogP contribution in [0.5, 0.6) is 11.5 Å². The molecule has 0 spiro atoms. The maximum Gasteiger partial charge on any atom is 0.586 e. The van der Waals surface area contributed by atoms with Crippen molar-refractivity contribution in [3.63, 3.8) is 0 Å². The van der Waals surface area contributed by atoms with E-state index in [0.29, 0.717) is 35.4 Å². The number of hydrogen-bond acceptors (Lipinski definition) is 8. The highest BCUT2D eigenvalue weighted by Crippen LogP contribution is 2.52. The third kappa shape index (κ3) is 5.33. The molecule has 11 heteroatoms. The first-order chi connectivity index (χ1) is 18.8. The van der Waals surface area contributed by atoms with E-state index in [1.165, 1.54) is 31.2 Å². The summed E-state index contributed by atoms with van der Waals surface area (Å²) in [5.74, 6) is -0.663. The molecule has 0 amide bonds. The number of pyridine rings is 1. The Bertz CT molecular complexity index is 1560. The predicted octanol–water partition coefficient (Wildman–Crippen LogP) is 3.99. The maximum absolute atomic E-state index is 13.4. The molecule has 3 aromatic rings. The molecule has 5 rings (SSSR count). The van der Waals surface area contributed by atoms with Gasteiger partial charge in [-0.05, 0) is 61.2 Å². The smallest absolute Gasteiger partial charge is 0.396 e. The van der Waals surface area contributed by atoms with Crippen molar-refractivity contribution in [2.45, 2.75) is 49.7 Å². The van der Waals surface area contributed by atoms with Gasteiger partial charge >= 0.3 is 6.29 Å². The van der Waals surface area contributed by atoms with Crippen molar-refractivity contribution in [1.82, 2.24) is 4.98 Å². The maximum atomic E-state index is 13.4. The van der Waals surface area contributed by atoms with Gasteiger partial charge in [-0.25, -0.2) is 8.42 Å². The molecule has 1 aliphatic heterocycles. The molecule has 1 aromatic heterocycles. The van der Waals surface area contributed by atoms with Gasteiger partial charge in [0, 0.05) is 23.1 Å². The number of aliphatic hydroxyl groups excluding tert-OH is 2. The number of Topliss-reactive ketones (excluding diaryl/α,β-unsaturated/α-hetero) is 1. The molecule has 0 bridgehead atoms. The number of hydrogen-bond donors (Lipinski definition) is 2. The second-order valence-electron chi connectivity index (χ2n) is 10.9. The summed E-state index contributed by atoms with van der Waals surface area (Å²) < 4.78 is 61.6. The number of ketones is 1. The van der Waals surface area contributed by atoms with Crippen LogP contribution in [0, 0.1) is 12.3 Å². The van der Waals surface area contributed by atoms with Crippen LogP contribution < -0.4 is 9.47 Å². The summed E-state index contributed by atoms with van der Waals surface area (Å²) in [4.78, 5) is 18.2. The Morgan fingerprint density at radius 1 is 1.00 bits per heavy atom. The Morgan fingerprint density at radius 2 is 1.65 bits per heavy atom. The highest BCUT2D eigenvalue weighted by atomic mass is 32.2. The minimum absolute atomic E-state index is 0.0330. The molecule has 212 valence electrons. The van der Waals surface area contributed by atoms with Crippen LogP contribution in [0.2, 0.25) is 0 Å². The van der Waals surface area contributed by atoms with Gasteiger partial charge in [-0.2, -0.15) is 0 Å². The average Bonchev–Trinajstić information content (AvgIpc) is 3.66. The molecule has 1 fully saturated rings. The van der Waals surface area contributed by atoms with Crippen LogP contribution in [0.4, 0.5) is 8.78 Å². The third-order valence-corrected chi connectivity index (χ3v) is 9.59.